The lowest BCUT2D eigenvalue weighted by molar-refractivity contribution is 0.0637. The fourth-order valence-corrected chi connectivity index (χ4v) is 6.51. The Morgan fingerprint density at radius 3 is 2.30 bits per heavy atom. The van der Waals surface area contributed by atoms with E-state index in [1.54, 1.807) is 11.9 Å². The van der Waals surface area contributed by atoms with Crippen LogP contribution in [0.2, 0.25) is 0 Å². The Morgan fingerprint density at radius 1 is 0.925 bits per heavy atom. The number of ether oxygens (including phenoxy) is 2. The molecule has 0 unspecified atom stereocenters. The number of rotatable bonds is 14. The number of fused-ring (bicyclic) bond motifs is 2. The SMILES string of the molecule is CNCC(=S)N[C@@H](CCSN[C@H]1c2ccccc2C[C@H]1OCC#CC#CCOC1Cc2ccccc2C1)CNC. The van der Waals surface area contributed by atoms with E-state index in [0.29, 0.717) is 25.8 Å². The molecule has 4 N–H and O–H groups in total. The molecule has 3 atom stereocenters. The van der Waals surface area contributed by atoms with E-state index in [2.05, 4.69) is 92.9 Å². The first-order valence-electron chi connectivity index (χ1n) is 14.0. The van der Waals surface area contributed by atoms with Gasteiger partial charge in [0.1, 0.15) is 13.2 Å². The van der Waals surface area contributed by atoms with Crippen LogP contribution in [0.5, 0.6) is 0 Å². The number of thiocarbonyl (C=S) groups is 1. The average Bonchev–Trinajstić information content (AvgIpc) is 3.53. The van der Waals surface area contributed by atoms with Crippen molar-refractivity contribution in [2.45, 2.75) is 50.0 Å². The Hall–Kier alpha value is -2.40. The summed E-state index contributed by atoms with van der Waals surface area (Å²) < 4.78 is 15.8. The number of hydrogen-bond acceptors (Lipinski definition) is 7. The van der Waals surface area contributed by atoms with E-state index in [4.69, 9.17) is 21.7 Å². The number of benzene rings is 2. The van der Waals surface area contributed by atoms with Gasteiger partial charge in [0.15, 0.2) is 0 Å². The van der Waals surface area contributed by atoms with Crippen LogP contribution in [0, 0.1) is 23.7 Å². The minimum absolute atomic E-state index is 0.0360. The third-order valence-electron chi connectivity index (χ3n) is 7.13. The molecular formula is C32H40N4O2S2. The van der Waals surface area contributed by atoms with Gasteiger partial charge in [-0.3, -0.25) is 4.72 Å². The van der Waals surface area contributed by atoms with E-state index in [9.17, 15) is 0 Å². The Bertz CT molecular complexity index is 1210. The zero-order valence-electron chi connectivity index (χ0n) is 23.4. The van der Waals surface area contributed by atoms with E-state index in [0.717, 1.165) is 43.0 Å². The van der Waals surface area contributed by atoms with Crippen LogP contribution in [0.15, 0.2) is 48.5 Å². The van der Waals surface area contributed by atoms with Gasteiger partial charge in [0.25, 0.3) is 0 Å². The first-order valence-corrected chi connectivity index (χ1v) is 15.4. The lowest BCUT2D eigenvalue weighted by Gasteiger charge is -2.23. The molecule has 0 saturated heterocycles. The fraction of sp³-hybridized carbons (Fsp3) is 0.469. The van der Waals surface area contributed by atoms with Crippen molar-refractivity contribution in [2.24, 2.45) is 0 Å². The number of hydrogen-bond donors (Lipinski definition) is 4. The van der Waals surface area contributed by atoms with Crippen LogP contribution < -0.4 is 20.7 Å². The van der Waals surface area contributed by atoms with Gasteiger partial charge in [-0.05, 0) is 67.5 Å². The molecule has 2 aliphatic rings. The summed E-state index contributed by atoms with van der Waals surface area (Å²) in [6, 6.07) is 17.5. The molecule has 0 saturated carbocycles. The summed E-state index contributed by atoms with van der Waals surface area (Å²) in [7, 11) is 3.88. The summed E-state index contributed by atoms with van der Waals surface area (Å²) >= 11 is 7.16. The standard InChI is InChI=1S/C32H40N4O2S2/c1-33-22-27(35-31(39)23-34-2)15-18-40-36-32-29-14-8-7-13-26(29)21-30(32)38-17-10-4-3-9-16-37-28-19-24-11-5-6-12-25(24)20-28/h5-8,11-14,27-28,30,32-34,36H,15-23H2,1-2H3,(H,35,39)/t27-,30+,32-/m0/s1. The van der Waals surface area contributed by atoms with Gasteiger partial charge < -0.3 is 25.4 Å². The second kappa shape index (κ2) is 16.8. The summed E-state index contributed by atoms with van der Waals surface area (Å²) in [5, 5.41) is 9.81. The van der Waals surface area contributed by atoms with Crippen molar-refractivity contribution >= 4 is 29.2 Å². The Morgan fingerprint density at radius 2 is 1.60 bits per heavy atom. The zero-order chi connectivity index (χ0) is 28.0. The van der Waals surface area contributed by atoms with E-state index in [1.807, 2.05) is 14.1 Å². The van der Waals surface area contributed by atoms with Gasteiger partial charge >= 0.3 is 0 Å². The van der Waals surface area contributed by atoms with E-state index in [-0.39, 0.29) is 18.2 Å². The van der Waals surface area contributed by atoms with Crippen LogP contribution >= 0.6 is 24.2 Å². The summed E-state index contributed by atoms with van der Waals surface area (Å²) in [5.74, 6) is 12.9. The van der Waals surface area contributed by atoms with E-state index < -0.39 is 0 Å². The Labute approximate surface area is 249 Å². The lowest BCUT2D eigenvalue weighted by Crippen LogP contribution is -2.43. The molecule has 2 aromatic rings. The second-order valence-electron chi connectivity index (χ2n) is 10.1. The molecule has 8 heteroatoms. The maximum absolute atomic E-state index is 6.22. The molecule has 2 aromatic carbocycles. The van der Waals surface area contributed by atoms with Gasteiger partial charge in [0, 0.05) is 31.3 Å². The molecule has 40 heavy (non-hydrogen) atoms. The van der Waals surface area contributed by atoms with Crippen LogP contribution in [0.25, 0.3) is 0 Å². The number of likely N-dealkylation sites (N-methyl/N-ethyl adjacent to an activating group) is 2. The minimum atomic E-state index is 0.0360. The van der Waals surface area contributed by atoms with Crippen LogP contribution in [-0.4, -0.2) is 69.4 Å². The van der Waals surface area contributed by atoms with Gasteiger partial charge in [-0.1, -0.05) is 84.5 Å². The first-order chi connectivity index (χ1) is 19.7. The molecule has 0 heterocycles. The molecule has 0 fully saturated rings. The highest BCUT2D eigenvalue weighted by Gasteiger charge is 2.32. The van der Waals surface area contributed by atoms with Crippen LogP contribution in [0.1, 0.15) is 34.7 Å². The van der Waals surface area contributed by atoms with Gasteiger partial charge in [-0.2, -0.15) is 0 Å². The predicted molar refractivity (Wildman–Crippen MR) is 169 cm³/mol. The maximum atomic E-state index is 6.22. The summed E-state index contributed by atoms with van der Waals surface area (Å²) in [5.41, 5.74) is 5.41. The third-order valence-corrected chi connectivity index (χ3v) is 8.25. The predicted octanol–water partition coefficient (Wildman–Crippen LogP) is 3.21. The summed E-state index contributed by atoms with van der Waals surface area (Å²) in [6.45, 7) is 2.31. The van der Waals surface area contributed by atoms with Crippen molar-refractivity contribution in [1.29, 1.82) is 0 Å². The smallest absolute Gasteiger partial charge is 0.109 e. The maximum Gasteiger partial charge on any atom is 0.109 e. The quantitative estimate of drug-likeness (QED) is 0.118. The van der Waals surface area contributed by atoms with Gasteiger partial charge in [-0.25, -0.2) is 0 Å². The van der Waals surface area contributed by atoms with Crippen molar-refractivity contribution in [3.63, 3.8) is 0 Å². The van der Waals surface area contributed by atoms with Gasteiger partial charge in [-0.15, -0.1) is 0 Å². The molecule has 0 radical (unpaired) electrons. The third kappa shape index (κ3) is 9.33. The highest BCUT2D eigenvalue weighted by molar-refractivity contribution is 7.97. The molecule has 2 aliphatic carbocycles. The molecule has 6 nitrogen and oxygen atoms in total. The van der Waals surface area contributed by atoms with Crippen LogP contribution in [0.3, 0.4) is 0 Å². The highest BCUT2D eigenvalue weighted by atomic mass is 32.2. The van der Waals surface area contributed by atoms with Crippen molar-refractivity contribution in [1.82, 2.24) is 20.7 Å². The fourth-order valence-electron chi connectivity index (χ4n) is 5.22. The van der Waals surface area contributed by atoms with Gasteiger partial charge in [0.2, 0.25) is 0 Å². The van der Waals surface area contributed by atoms with Crippen molar-refractivity contribution in [3.05, 3.63) is 70.8 Å². The molecule has 212 valence electrons. The zero-order valence-corrected chi connectivity index (χ0v) is 25.1. The average molecular weight is 577 g/mol. The molecule has 0 aromatic heterocycles. The topological polar surface area (TPSA) is 66.6 Å². The molecular weight excluding hydrogens is 537 g/mol. The first kappa shape index (κ1) is 30.6. The van der Waals surface area contributed by atoms with Crippen molar-refractivity contribution in [3.8, 4) is 23.7 Å². The normalized spacial score (nSPS) is 18.1. The Kier molecular flexibility index (Phi) is 12.8. The second-order valence-corrected chi connectivity index (χ2v) is 11.5. The molecule has 0 aliphatic heterocycles. The van der Waals surface area contributed by atoms with Crippen LogP contribution in [-0.2, 0) is 28.7 Å². The largest absolute Gasteiger partial charge is 0.375 e. The monoisotopic (exact) mass is 576 g/mol. The minimum Gasteiger partial charge on any atom is -0.375 e. The van der Waals surface area contributed by atoms with Gasteiger partial charge in [0.05, 0.1) is 23.2 Å². The Balaban J connectivity index is 1.19. The van der Waals surface area contributed by atoms with Crippen LogP contribution in [0.4, 0.5) is 0 Å². The molecule has 0 bridgehead atoms. The molecule has 4 rings (SSSR count). The van der Waals surface area contributed by atoms with E-state index >= 15 is 0 Å². The molecule has 0 amide bonds. The lowest BCUT2D eigenvalue weighted by atomic mass is 10.1. The van der Waals surface area contributed by atoms with Crippen molar-refractivity contribution < 1.29 is 9.47 Å². The summed E-state index contributed by atoms with van der Waals surface area (Å²) in [4.78, 5) is 0.844. The number of nitrogens with one attached hydrogen (secondary N) is 4. The molecule has 0 spiro atoms. The van der Waals surface area contributed by atoms with Crippen molar-refractivity contribution in [2.75, 3.05) is 46.2 Å². The highest BCUT2D eigenvalue weighted by Crippen LogP contribution is 2.34. The summed E-state index contributed by atoms with van der Waals surface area (Å²) in [6.07, 6.45) is 4.05. The van der Waals surface area contributed by atoms with E-state index in [1.165, 1.54) is 22.3 Å².